The Morgan fingerprint density at radius 3 is 2.81 bits per heavy atom. The summed E-state index contributed by atoms with van der Waals surface area (Å²) in [6, 6.07) is 13.3. The van der Waals surface area contributed by atoms with E-state index in [0.29, 0.717) is 12.5 Å². The Morgan fingerprint density at radius 1 is 1.25 bits per heavy atom. The van der Waals surface area contributed by atoms with Gasteiger partial charge < -0.3 is 0 Å². The molecule has 16 heavy (non-hydrogen) atoms. The molecule has 0 saturated carbocycles. The van der Waals surface area contributed by atoms with Gasteiger partial charge in [-0.15, -0.1) is 0 Å². The van der Waals surface area contributed by atoms with E-state index in [-0.39, 0.29) is 0 Å². The summed E-state index contributed by atoms with van der Waals surface area (Å²) in [5.41, 5.74) is 1.35. The summed E-state index contributed by atoms with van der Waals surface area (Å²) in [6.45, 7) is 2.13. The third-order valence-electron chi connectivity index (χ3n) is 3.30. The van der Waals surface area contributed by atoms with Gasteiger partial charge in [-0.1, -0.05) is 36.8 Å². The van der Waals surface area contributed by atoms with Crippen LogP contribution in [0.3, 0.4) is 0 Å². The van der Waals surface area contributed by atoms with Crippen molar-refractivity contribution in [2.24, 2.45) is 0 Å². The smallest absolute Gasteiger partial charge is 0.0638 e. The molecule has 2 nitrogen and oxygen atoms in total. The van der Waals surface area contributed by atoms with E-state index < -0.39 is 0 Å². The van der Waals surface area contributed by atoms with Crippen LogP contribution in [0.5, 0.6) is 0 Å². The molecular weight excluding hydrogens is 196 g/mol. The van der Waals surface area contributed by atoms with Crippen molar-refractivity contribution in [2.45, 2.75) is 38.3 Å². The summed E-state index contributed by atoms with van der Waals surface area (Å²) < 4.78 is 0. The second kappa shape index (κ2) is 5.67. The van der Waals surface area contributed by atoms with E-state index in [1.54, 1.807) is 0 Å². The van der Waals surface area contributed by atoms with Crippen molar-refractivity contribution in [3.05, 3.63) is 35.9 Å². The molecule has 1 atom stereocenters. The van der Waals surface area contributed by atoms with Crippen molar-refractivity contribution in [1.29, 1.82) is 5.26 Å². The second-order valence-electron chi connectivity index (χ2n) is 4.47. The highest BCUT2D eigenvalue weighted by molar-refractivity contribution is 5.14. The van der Waals surface area contributed by atoms with Crippen LogP contribution in [0, 0.1) is 11.3 Å². The highest BCUT2D eigenvalue weighted by Crippen LogP contribution is 2.21. The van der Waals surface area contributed by atoms with E-state index >= 15 is 0 Å². The average Bonchev–Trinajstić information content (AvgIpc) is 2.33. The van der Waals surface area contributed by atoms with E-state index in [1.165, 1.54) is 24.8 Å². The molecular formula is C14H18N2. The zero-order valence-corrected chi connectivity index (χ0v) is 9.60. The second-order valence-corrected chi connectivity index (χ2v) is 4.47. The van der Waals surface area contributed by atoms with Crippen molar-refractivity contribution in [2.75, 3.05) is 6.54 Å². The highest BCUT2D eigenvalue weighted by atomic mass is 15.2. The highest BCUT2D eigenvalue weighted by Gasteiger charge is 2.21. The van der Waals surface area contributed by atoms with Crippen molar-refractivity contribution in [3.63, 3.8) is 0 Å². The van der Waals surface area contributed by atoms with Gasteiger partial charge in [0.2, 0.25) is 0 Å². The number of piperidine rings is 1. The molecule has 1 aliphatic heterocycles. The third-order valence-corrected chi connectivity index (χ3v) is 3.30. The van der Waals surface area contributed by atoms with E-state index in [0.717, 1.165) is 13.1 Å². The lowest BCUT2D eigenvalue weighted by Gasteiger charge is -2.34. The van der Waals surface area contributed by atoms with Gasteiger partial charge in [-0.05, 0) is 24.9 Å². The van der Waals surface area contributed by atoms with Crippen molar-refractivity contribution in [1.82, 2.24) is 4.90 Å². The summed E-state index contributed by atoms with van der Waals surface area (Å²) in [4.78, 5) is 2.46. The maximum absolute atomic E-state index is 8.83. The van der Waals surface area contributed by atoms with Gasteiger partial charge in [0.1, 0.15) is 0 Å². The fraction of sp³-hybridized carbons (Fsp3) is 0.500. The number of nitrogens with zero attached hydrogens (tertiary/aromatic N) is 2. The first-order valence-electron chi connectivity index (χ1n) is 6.05. The predicted octanol–water partition coefficient (Wildman–Crippen LogP) is 2.95. The zero-order valence-electron chi connectivity index (χ0n) is 9.60. The van der Waals surface area contributed by atoms with Crippen molar-refractivity contribution < 1.29 is 0 Å². The fourth-order valence-electron chi connectivity index (χ4n) is 2.42. The molecule has 2 rings (SSSR count). The molecule has 1 aliphatic rings. The lowest BCUT2D eigenvalue weighted by atomic mass is 9.99. The molecule has 1 heterocycles. The minimum atomic E-state index is 0.471. The third kappa shape index (κ3) is 2.84. The van der Waals surface area contributed by atoms with Crippen LogP contribution in [0.15, 0.2) is 30.3 Å². The Bertz CT molecular complexity index is 353. The first-order valence-corrected chi connectivity index (χ1v) is 6.05. The molecule has 2 heteroatoms. The molecule has 1 aromatic rings. The Balaban J connectivity index is 1.99. The van der Waals surface area contributed by atoms with Gasteiger partial charge in [0.25, 0.3) is 0 Å². The Labute approximate surface area is 97.5 Å². The summed E-state index contributed by atoms with van der Waals surface area (Å²) >= 11 is 0. The molecule has 1 saturated heterocycles. The molecule has 1 aromatic carbocycles. The molecule has 0 amide bonds. The molecule has 0 aromatic heterocycles. The standard InChI is InChI=1S/C14H18N2/c15-10-9-14-8-4-5-11-16(14)12-13-6-2-1-3-7-13/h1-3,6-7,14H,4-5,8-9,11-12H2/t14-/m0/s1. The Morgan fingerprint density at radius 2 is 2.06 bits per heavy atom. The van der Waals surface area contributed by atoms with Gasteiger partial charge in [-0.25, -0.2) is 0 Å². The lowest BCUT2D eigenvalue weighted by Crippen LogP contribution is -2.38. The monoisotopic (exact) mass is 214 g/mol. The number of nitriles is 1. The molecule has 0 N–H and O–H groups in total. The summed E-state index contributed by atoms with van der Waals surface area (Å²) in [5.74, 6) is 0. The van der Waals surface area contributed by atoms with E-state index in [4.69, 9.17) is 5.26 Å². The van der Waals surface area contributed by atoms with Crippen LogP contribution in [0.4, 0.5) is 0 Å². The average molecular weight is 214 g/mol. The van der Waals surface area contributed by atoms with Gasteiger partial charge in [-0.3, -0.25) is 4.90 Å². The quantitative estimate of drug-likeness (QED) is 0.773. The van der Waals surface area contributed by atoms with Gasteiger partial charge in [-0.2, -0.15) is 5.26 Å². The number of hydrogen-bond donors (Lipinski definition) is 0. The minimum absolute atomic E-state index is 0.471. The van der Waals surface area contributed by atoms with Crippen LogP contribution in [0.25, 0.3) is 0 Å². The van der Waals surface area contributed by atoms with Crippen LogP contribution < -0.4 is 0 Å². The molecule has 0 aliphatic carbocycles. The molecule has 84 valence electrons. The molecule has 0 radical (unpaired) electrons. The van der Waals surface area contributed by atoms with Gasteiger partial charge >= 0.3 is 0 Å². The van der Waals surface area contributed by atoms with Gasteiger partial charge in [0, 0.05) is 12.6 Å². The minimum Gasteiger partial charge on any atom is -0.295 e. The van der Waals surface area contributed by atoms with Gasteiger partial charge in [0.15, 0.2) is 0 Å². The number of hydrogen-bond acceptors (Lipinski definition) is 2. The normalized spacial score (nSPS) is 21.6. The number of likely N-dealkylation sites (tertiary alicyclic amines) is 1. The van der Waals surface area contributed by atoms with E-state index in [2.05, 4.69) is 35.2 Å². The summed E-state index contributed by atoms with van der Waals surface area (Å²) in [5, 5.41) is 8.83. The predicted molar refractivity (Wildman–Crippen MR) is 64.7 cm³/mol. The fourth-order valence-corrected chi connectivity index (χ4v) is 2.42. The summed E-state index contributed by atoms with van der Waals surface area (Å²) in [6.07, 6.45) is 4.40. The van der Waals surface area contributed by atoms with Gasteiger partial charge in [0.05, 0.1) is 12.5 Å². The Hall–Kier alpha value is -1.33. The molecule has 0 bridgehead atoms. The largest absolute Gasteiger partial charge is 0.295 e. The first kappa shape index (κ1) is 11.2. The first-order chi connectivity index (χ1) is 7.90. The number of benzene rings is 1. The zero-order chi connectivity index (χ0) is 11.2. The number of rotatable bonds is 3. The Kier molecular flexibility index (Phi) is 3.96. The van der Waals surface area contributed by atoms with Crippen LogP contribution in [0.1, 0.15) is 31.2 Å². The maximum Gasteiger partial charge on any atom is 0.0638 e. The molecule has 0 unspecified atom stereocenters. The van der Waals surface area contributed by atoms with E-state index in [9.17, 15) is 0 Å². The maximum atomic E-state index is 8.83. The van der Waals surface area contributed by atoms with Crippen molar-refractivity contribution >= 4 is 0 Å². The van der Waals surface area contributed by atoms with Crippen molar-refractivity contribution in [3.8, 4) is 6.07 Å². The topological polar surface area (TPSA) is 27.0 Å². The van der Waals surface area contributed by atoms with Crippen LogP contribution >= 0.6 is 0 Å². The van der Waals surface area contributed by atoms with Crippen LogP contribution in [-0.4, -0.2) is 17.5 Å². The molecule has 0 spiro atoms. The van der Waals surface area contributed by atoms with E-state index in [1.807, 2.05) is 6.07 Å². The summed E-state index contributed by atoms with van der Waals surface area (Å²) in [7, 11) is 0. The molecule has 1 fully saturated rings. The van der Waals surface area contributed by atoms with Crippen LogP contribution in [-0.2, 0) is 6.54 Å². The lowest BCUT2D eigenvalue weighted by molar-refractivity contribution is 0.142. The SMILES string of the molecule is N#CC[C@@H]1CCCCN1Cc1ccccc1. The van der Waals surface area contributed by atoms with Crippen LogP contribution in [0.2, 0.25) is 0 Å².